The summed E-state index contributed by atoms with van der Waals surface area (Å²) in [6, 6.07) is 9.56. The number of nitrogens with two attached hydrogens (primary N) is 1. The number of hydrogen-bond donors (Lipinski definition) is 2. The van der Waals surface area contributed by atoms with Crippen molar-refractivity contribution < 1.29 is 32.7 Å². The van der Waals surface area contributed by atoms with E-state index in [4.69, 9.17) is 40.6 Å². The van der Waals surface area contributed by atoms with Crippen molar-refractivity contribution in [2.24, 2.45) is 0 Å². The number of nitrogen functional groups attached to an aromatic ring is 1. The molecule has 4 rings (SSSR count). The second kappa shape index (κ2) is 9.38. The van der Waals surface area contributed by atoms with E-state index in [2.05, 4.69) is 10.1 Å². The van der Waals surface area contributed by atoms with Gasteiger partial charge >= 0.3 is 7.82 Å². The van der Waals surface area contributed by atoms with Crippen molar-refractivity contribution in [3.63, 3.8) is 0 Å². The van der Waals surface area contributed by atoms with E-state index < -0.39 is 38.5 Å². The Morgan fingerprint density at radius 3 is 2.85 bits per heavy atom. The lowest BCUT2D eigenvalue weighted by Gasteiger charge is -2.25. The van der Waals surface area contributed by atoms with E-state index in [0.29, 0.717) is 11.2 Å². The van der Waals surface area contributed by atoms with Gasteiger partial charge < -0.3 is 24.5 Å². The molecule has 1 fully saturated rings. The molecule has 14 heteroatoms. The predicted octanol–water partition coefficient (Wildman–Crippen LogP) is 3.22. The van der Waals surface area contributed by atoms with Crippen LogP contribution in [0.4, 0.5) is 5.82 Å². The summed E-state index contributed by atoms with van der Waals surface area (Å²) in [4.78, 5) is 14.1. The molecular weight excluding hydrogens is 489 g/mol. The van der Waals surface area contributed by atoms with Crippen LogP contribution in [0.25, 0.3) is 5.52 Å². The number of benzene rings is 1. The van der Waals surface area contributed by atoms with Gasteiger partial charge in [0.2, 0.25) is 0 Å². The molecule has 1 aliphatic rings. The van der Waals surface area contributed by atoms with Gasteiger partial charge in [-0.3, -0.25) is 9.42 Å². The van der Waals surface area contributed by atoms with Gasteiger partial charge in [-0.1, -0.05) is 23.7 Å². The number of fused-ring (bicyclic) bond motifs is 1. The highest BCUT2D eigenvalue weighted by atomic mass is 35.5. The maximum absolute atomic E-state index is 12.5. The topological polar surface area (TPSA) is 163 Å². The zero-order valence-corrected chi connectivity index (χ0v) is 19.7. The first-order chi connectivity index (χ1) is 16.1. The minimum atomic E-state index is -4.63. The van der Waals surface area contributed by atoms with Crippen LogP contribution < -0.4 is 10.3 Å². The van der Waals surface area contributed by atoms with Crippen molar-refractivity contribution in [1.82, 2.24) is 14.6 Å². The van der Waals surface area contributed by atoms with E-state index in [9.17, 15) is 14.7 Å². The van der Waals surface area contributed by atoms with E-state index in [-0.39, 0.29) is 16.6 Å². The van der Waals surface area contributed by atoms with Gasteiger partial charge in [0, 0.05) is 0 Å². The molecule has 0 radical (unpaired) electrons. The molecule has 3 N–H and O–H groups in total. The summed E-state index contributed by atoms with van der Waals surface area (Å²) in [5.41, 5.74) is 7.01. The van der Waals surface area contributed by atoms with Gasteiger partial charge in [-0.25, -0.2) is 14.1 Å². The number of halogens is 1. The molecule has 2 aromatic heterocycles. The maximum atomic E-state index is 12.5. The van der Waals surface area contributed by atoms with E-state index in [0.717, 1.165) is 0 Å². The lowest BCUT2D eigenvalue weighted by molar-refractivity contribution is -0.157. The molecular formula is C20H21ClN5O7P. The molecule has 3 heterocycles. The van der Waals surface area contributed by atoms with Crippen molar-refractivity contribution in [2.45, 2.75) is 37.9 Å². The molecule has 1 saturated heterocycles. The van der Waals surface area contributed by atoms with Gasteiger partial charge in [0.05, 0.1) is 10.7 Å². The first-order valence-electron chi connectivity index (χ1n) is 10.0. The number of para-hydroxylation sites is 1. The molecule has 1 aromatic carbocycles. The van der Waals surface area contributed by atoms with Crippen LogP contribution in [-0.2, 0) is 23.3 Å². The molecule has 1 aliphatic heterocycles. The zero-order valence-electron chi connectivity index (χ0n) is 18.1. The molecule has 34 heavy (non-hydrogen) atoms. The maximum Gasteiger partial charge on any atom is 0.527 e. The molecule has 0 amide bonds. The zero-order chi connectivity index (χ0) is 24.5. The summed E-state index contributed by atoms with van der Waals surface area (Å²) in [7, 11) is -4.63. The molecule has 0 spiro atoms. The Bertz CT molecular complexity index is 1280. The van der Waals surface area contributed by atoms with Crippen LogP contribution in [0, 0.1) is 11.5 Å². The van der Waals surface area contributed by atoms with Gasteiger partial charge in [0.15, 0.2) is 17.7 Å². The van der Waals surface area contributed by atoms with E-state index in [1.54, 1.807) is 44.4 Å². The van der Waals surface area contributed by atoms with Gasteiger partial charge in [-0.15, -0.1) is 0 Å². The average Bonchev–Trinajstić information content (AvgIpc) is 3.34. The molecule has 0 saturated carbocycles. The number of rotatable bonds is 8. The Hall–Kier alpha value is -2.91. The fourth-order valence-electron chi connectivity index (χ4n) is 3.58. The van der Waals surface area contributed by atoms with Crippen LogP contribution in [-0.4, -0.2) is 44.1 Å². The summed E-state index contributed by atoms with van der Waals surface area (Å²) in [6.07, 6.45) is 0.00837. The quantitative estimate of drug-likeness (QED) is 0.338. The van der Waals surface area contributed by atoms with E-state index in [1.165, 1.54) is 23.0 Å². The number of phosphoric ester groups is 1. The van der Waals surface area contributed by atoms with Gasteiger partial charge in [-0.2, -0.15) is 10.4 Å². The molecule has 0 bridgehead atoms. The second-order valence-electron chi connectivity index (χ2n) is 7.75. The summed E-state index contributed by atoms with van der Waals surface area (Å²) >= 11 is 5.97. The minimum Gasteiger partial charge on any atom is -0.419 e. The molecule has 4 atom stereocenters. The van der Waals surface area contributed by atoms with Gasteiger partial charge in [0.1, 0.15) is 36.4 Å². The van der Waals surface area contributed by atoms with Crippen LogP contribution in [0.2, 0.25) is 5.02 Å². The average molecular weight is 510 g/mol. The monoisotopic (exact) mass is 509 g/mol. The molecule has 0 aliphatic carbocycles. The van der Waals surface area contributed by atoms with Crippen molar-refractivity contribution in [3.8, 4) is 12.0 Å². The van der Waals surface area contributed by atoms with Gasteiger partial charge in [-0.05, 0) is 38.1 Å². The molecule has 12 nitrogen and oxygen atoms in total. The predicted molar refractivity (Wildman–Crippen MR) is 119 cm³/mol. The van der Waals surface area contributed by atoms with Gasteiger partial charge in [0.25, 0.3) is 6.26 Å². The Kier molecular flexibility index (Phi) is 6.69. The van der Waals surface area contributed by atoms with Crippen LogP contribution in [0.5, 0.6) is 5.75 Å². The van der Waals surface area contributed by atoms with Crippen molar-refractivity contribution in [2.75, 3.05) is 12.3 Å². The fraction of sp³-hybridized carbons (Fsp3) is 0.350. The minimum absolute atomic E-state index is 0.0378. The number of ether oxygens (including phenoxy) is 3. The third-order valence-corrected chi connectivity index (χ3v) is 6.17. The smallest absolute Gasteiger partial charge is 0.419 e. The normalized spacial score (nSPS) is 22.1. The number of anilines is 1. The lowest BCUT2D eigenvalue weighted by atomic mass is 10.1. The lowest BCUT2D eigenvalue weighted by Crippen LogP contribution is -2.37. The van der Waals surface area contributed by atoms with Crippen molar-refractivity contribution >= 4 is 30.8 Å². The third-order valence-electron chi connectivity index (χ3n) is 4.95. The fourth-order valence-corrected chi connectivity index (χ4v) is 4.60. The first-order valence-corrected chi connectivity index (χ1v) is 11.9. The largest absolute Gasteiger partial charge is 0.527 e. The number of nitrogens with zero attached hydrogens (tertiary/aromatic N) is 4. The van der Waals surface area contributed by atoms with Crippen LogP contribution in [0.15, 0.2) is 42.7 Å². The highest BCUT2D eigenvalue weighted by Crippen LogP contribution is 2.47. The first kappa shape index (κ1) is 24.2. The SMILES string of the molecule is CC1(C)O[C@H]([C@@H](COP(=O)(O)Oc2ccccc2Cl)OC#N)[C@H](c2ccc3c(N)ncnn23)O1. The van der Waals surface area contributed by atoms with Crippen LogP contribution in [0.3, 0.4) is 0 Å². The summed E-state index contributed by atoms with van der Waals surface area (Å²) in [5, 5.41) is 13.5. The Morgan fingerprint density at radius 2 is 2.12 bits per heavy atom. The highest BCUT2D eigenvalue weighted by molar-refractivity contribution is 7.47. The molecule has 180 valence electrons. The Morgan fingerprint density at radius 1 is 1.35 bits per heavy atom. The van der Waals surface area contributed by atoms with Crippen molar-refractivity contribution in [1.29, 1.82) is 5.26 Å². The second-order valence-corrected chi connectivity index (χ2v) is 9.54. The van der Waals surface area contributed by atoms with Crippen LogP contribution >= 0.6 is 19.4 Å². The standard InChI is InChI=1S/C20H21ClN5O7P/c1-20(2)31-17(13-7-8-14-19(23)24-11-25-26(13)14)18(32-20)16(29-10-22)9-30-34(27,28)33-15-6-4-3-5-12(15)21/h3-8,11,16-18H,9H2,1-2H3,(H,27,28)(H2,23,24,25)/t16-,17+,18-/m1/s1. The van der Waals surface area contributed by atoms with E-state index >= 15 is 0 Å². The number of phosphoric acid groups is 1. The highest BCUT2D eigenvalue weighted by Gasteiger charge is 2.49. The number of aromatic nitrogens is 3. The Labute approximate surface area is 199 Å². The summed E-state index contributed by atoms with van der Waals surface area (Å²) in [6.45, 7) is 2.83. The third kappa shape index (κ3) is 5.10. The van der Waals surface area contributed by atoms with E-state index in [1.807, 2.05) is 0 Å². The van der Waals surface area contributed by atoms with Crippen LogP contribution in [0.1, 0.15) is 25.6 Å². The summed E-state index contributed by atoms with van der Waals surface area (Å²) < 4.78 is 41.4. The Balaban J connectivity index is 1.58. The number of hydrogen-bond acceptors (Lipinski definition) is 10. The number of nitriles is 1. The summed E-state index contributed by atoms with van der Waals surface area (Å²) in [5.74, 6) is -0.849. The van der Waals surface area contributed by atoms with Crippen molar-refractivity contribution in [3.05, 3.63) is 53.4 Å². The molecule has 3 aromatic rings. The molecule has 1 unspecified atom stereocenters.